The van der Waals surface area contributed by atoms with E-state index in [2.05, 4.69) is 53.8 Å². The van der Waals surface area contributed by atoms with Crippen LogP contribution in [-0.2, 0) is 67.1 Å². The van der Waals surface area contributed by atoms with E-state index < -0.39 is 184 Å². The molecule has 0 saturated carbocycles. The number of phenolic OH excluding ortho intramolecular Hbond substituents is 1. The van der Waals surface area contributed by atoms with Crippen molar-refractivity contribution in [3.63, 3.8) is 0 Å². The summed E-state index contributed by atoms with van der Waals surface area (Å²) in [5.41, 5.74) is -1.08. The van der Waals surface area contributed by atoms with Crippen molar-refractivity contribution in [3.8, 4) is 16.9 Å². The highest BCUT2D eigenvalue weighted by Crippen LogP contribution is 2.43. The van der Waals surface area contributed by atoms with Crippen molar-refractivity contribution in [3.05, 3.63) is 53.6 Å². The number of carbonyl (C=O) groups excluding carboxylic acids is 14. The maximum atomic E-state index is 16.7. The second kappa shape index (κ2) is 50.7. The maximum absolute atomic E-state index is 16.7. The minimum absolute atomic E-state index is 0.00578. The molecule has 3 heterocycles. The lowest BCUT2D eigenvalue weighted by Crippen LogP contribution is -2.63. The summed E-state index contributed by atoms with van der Waals surface area (Å²) >= 11 is 6.63. The van der Waals surface area contributed by atoms with Crippen molar-refractivity contribution in [1.82, 2.24) is 81.1 Å². The third-order valence-corrected chi connectivity index (χ3v) is 24.2. The Balaban J connectivity index is 1.35. The summed E-state index contributed by atoms with van der Waals surface area (Å²) in [6.07, 6.45) is 2.80. The summed E-state index contributed by atoms with van der Waals surface area (Å²) in [6.45, 7) is 32.5. The van der Waals surface area contributed by atoms with Crippen LogP contribution in [0.2, 0.25) is 5.02 Å². The number of halogens is 3. The molecular weight excluding hydrogens is 1690 g/mol. The van der Waals surface area contributed by atoms with Crippen LogP contribution in [0.1, 0.15) is 194 Å². The predicted molar refractivity (Wildman–Crippen MR) is 491 cm³/mol. The number of aromatic hydroxyl groups is 1. The number of anilines is 2. The van der Waals surface area contributed by atoms with Gasteiger partial charge in [-0.1, -0.05) is 134 Å². The van der Waals surface area contributed by atoms with Crippen molar-refractivity contribution < 1.29 is 86.1 Å². The monoisotopic (exact) mass is 1830 g/mol. The van der Waals surface area contributed by atoms with Crippen LogP contribution in [0.5, 0.6) is 5.75 Å². The second-order valence-corrected chi connectivity index (χ2v) is 37.3. The van der Waals surface area contributed by atoms with Crippen LogP contribution < -0.4 is 42.1 Å². The lowest BCUT2D eigenvalue weighted by Gasteiger charge is -2.41. The molecule has 2 aromatic carbocycles. The Labute approximate surface area is 765 Å². The molecule has 2 aliphatic rings. The molecule has 9 N–H and O–H groups in total. The Kier molecular flexibility index (Phi) is 42.9. The zero-order chi connectivity index (χ0) is 97.2. The van der Waals surface area contributed by atoms with Gasteiger partial charge in [0.2, 0.25) is 88.6 Å². The fourth-order valence-electron chi connectivity index (χ4n) is 16.2. The Morgan fingerprint density at radius 3 is 1.59 bits per heavy atom. The van der Waals surface area contributed by atoms with Gasteiger partial charge in [0.15, 0.2) is 5.82 Å². The molecule has 720 valence electrons. The van der Waals surface area contributed by atoms with Crippen LogP contribution in [0, 0.1) is 53.1 Å². The highest BCUT2D eigenvalue weighted by Gasteiger charge is 2.47. The number of benzene rings is 2. The third kappa shape index (κ3) is 30.1. The molecule has 0 radical (unpaired) electrons. The van der Waals surface area contributed by atoms with E-state index in [1.807, 2.05) is 60.3 Å². The first kappa shape index (κ1) is 109. The molecule has 0 spiro atoms. The molecule has 12 atom stereocenters. The number of hydrogen-bond donors (Lipinski definition) is 9. The topological polar surface area (TPSA) is 419 Å². The van der Waals surface area contributed by atoms with Crippen LogP contribution in [0.25, 0.3) is 22.0 Å². The lowest BCUT2D eigenvalue weighted by molar-refractivity contribution is -0.157. The number of aliphatic hydroxyl groups is 1. The number of piperazine rings is 1. The number of phenols is 1. The number of aromatic nitrogens is 2. The van der Waals surface area contributed by atoms with E-state index in [1.165, 1.54) is 112 Å². The number of fused-ring (bicyclic) bond motifs is 1. The van der Waals surface area contributed by atoms with Crippen LogP contribution >= 0.6 is 11.6 Å². The van der Waals surface area contributed by atoms with Gasteiger partial charge in [0, 0.05) is 119 Å². The van der Waals surface area contributed by atoms with E-state index in [9.17, 15) is 58.2 Å². The number of nitrogens with zero attached hydrogens (tertiary/aromatic N) is 11. The fraction of sp³-hybridized carbons (Fsp3) is 0.674. The van der Waals surface area contributed by atoms with Crippen molar-refractivity contribution in [1.29, 1.82) is 0 Å². The lowest BCUT2D eigenvalue weighted by atomic mass is 9.90. The first-order valence-electron chi connectivity index (χ1n) is 45.3. The molecule has 0 unspecified atom stereocenters. The molecule has 34 nitrogen and oxygen atoms in total. The SMILES string of the molecule is C=CC(=O)N1CCN(c2nc(NCCC(=O)NCCCCCCNC(=O)CCC[C@@H](C)[C@@H](O)[C@H]3C(=O)N[C@@H](CC)C(=O)N(C)CC(=O)N(C)[C@@H](CC(C)C)C(=O)N[C@@H](C(C)C)C(=O)N(C)[C@@H](CC(C)C)C(=O)N[C@@H](C)C(=O)N[C@H](C)C(=O)N(C)[C@@H](CC(C)C)C(=O)N(C)[C@@H](CC(C)C)C(=O)N(C)[C@@H](C(C)C)C(=O)N3C)nc3c(F)c(-c4c(O)cccc4F)c(Cl)cc23)CC1. The average Bonchev–Trinajstić information content (AvgIpc) is 0.746. The fourth-order valence-corrected chi connectivity index (χ4v) is 16.5. The first-order valence-corrected chi connectivity index (χ1v) is 45.7. The van der Waals surface area contributed by atoms with Gasteiger partial charge in [0.1, 0.15) is 83.3 Å². The van der Waals surface area contributed by atoms with Gasteiger partial charge in [-0.05, 0) is 137 Å². The van der Waals surface area contributed by atoms with Gasteiger partial charge in [-0.2, -0.15) is 4.98 Å². The zero-order valence-corrected chi connectivity index (χ0v) is 80.8. The average molecular weight is 1830 g/mol. The Morgan fingerprint density at radius 1 is 0.558 bits per heavy atom. The van der Waals surface area contributed by atoms with Gasteiger partial charge in [0.25, 0.3) is 0 Å². The molecule has 0 bridgehead atoms. The second-order valence-electron chi connectivity index (χ2n) is 36.9. The first-order chi connectivity index (χ1) is 60.4. The minimum Gasteiger partial charge on any atom is -0.507 e. The number of amides is 14. The van der Waals surface area contributed by atoms with Gasteiger partial charge in [-0.25, -0.2) is 13.8 Å². The number of rotatable bonds is 31. The van der Waals surface area contributed by atoms with E-state index >= 15 is 28.0 Å². The Morgan fingerprint density at radius 2 is 1.06 bits per heavy atom. The summed E-state index contributed by atoms with van der Waals surface area (Å²) in [6, 6.07) is -8.21. The summed E-state index contributed by atoms with van der Waals surface area (Å²) in [5.74, 6) is -14.0. The number of nitrogens with one attached hydrogen (secondary N) is 7. The third-order valence-electron chi connectivity index (χ3n) is 23.9. The summed E-state index contributed by atoms with van der Waals surface area (Å²) < 4.78 is 31.9. The van der Waals surface area contributed by atoms with Crippen LogP contribution in [0.4, 0.5) is 20.5 Å². The molecule has 0 aliphatic carbocycles. The van der Waals surface area contributed by atoms with Crippen molar-refractivity contribution in [2.24, 2.45) is 41.4 Å². The normalized spacial score (nSPS) is 22.3. The standard InChI is InChI=1S/C92H145ClF2N18O16/c1-25-63-87(125)105(18)50-72(118)106(19)64(45-51(3)4)84(122)102-76(55(11)12)90(128)107(20)65(46-52(5)6)83(121)99-58(16)82(120)100-59(17)86(124)108(21)66(47-53(7)8)88(126)109(22)67(48-54(9)10)89(127)110(23)78(56(13)14)91(129)111(24)79(85(123)101-63)80(119)57(15)33-31-36-69(115)96-38-29-27-28-30-39-97-70(116)37-40-98-92-103-77-60(81(104-92)113-43-41-112(42-44-113)71(117)26-2)49-61(93)73(75(77)95)74-62(94)34-32-35-68(74)114/h26,32,34-35,49,51-59,63-67,76,78-80,114,119H,2,25,27-31,33,36-48,50H2,1,3-24H3,(H,96,115)(H,97,116)(H,99,121)(H,100,120)(H,101,123)(H,102,122)(H,98,103,104)/t57-,58+,59-,63+,64+,65+,66+,67+,76+,78+,79+,80-/m1/s1. The van der Waals surface area contributed by atoms with Gasteiger partial charge < -0.3 is 91.5 Å². The molecule has 37 heteroatoms. The largest absolute Gasteiger partial charge is 0.507 e. The quantitative estimate of drug-likeness (QED) is 0.0235. The zero-order valence-electron chi connectivity index (χ0n) is 80.0. The van der Waals surface area contributed by atoms with Crippen molar-refractivity contribution in [2.75, 3.05) is 112 Å². The van der Waals surface area contributed by atoms with Crippen LogP contribution in [0.15, 0.2) is 36.9 Å². The van der Waals surface area contributed by atoms with E-state index in [0.717, 1.165) is 15.9 Å². The highest BCUT2D eigenvalue weighted by atomic mass is 35.5. The number of hydrogen-bond acceptors (Lipinski definition) is 20. The summed E-state index contributed by atoms with van der Waals surface area (Å²) in [5, 5.41) is 43.0. The summed E-state index contributed by atoms with van der Waals surface area (Å²) in [4.78, 5) is 223. The molecule has 2 aliphatic heterocycles. The molecule has 1 aromatic heterocycles. The number of aliphatic hydroxyl groups excluding tert-OH is 1. The smallest absolute Gasteiger partial charge is 0.246 e. The summed E-state index contributed by atoms with van der Waals surface area (Å²) in [7, 11) is 9.68. The minimum atomic E-state index is -1.78. The van der Waals surface area contributed by atoms with Crippen LogP contribution in [0.3, 0.4) is 0 Å². The number of unbranched alkanes of at least 4 members (excludes halogenated alkanes) is 3. The van der Waals surface area contributed by atoms with Crippen molar-refractivity contribution in [2.45, 2.75) is 261 Å². The van der Waals surface area contributed by atoms with E-state index in [0.29, 0.717) is 65.0 Å². The van der Waals surface area contributed by atoms with Gasteiger partial charge in [0.05, 0.1) is 23.2 Å². The molecule has 3 aromatic rings. The van der Waals surface area contributed by atoms with E-state index in [1.54, 1.807) is 46.4 Å². The van der Waals surface area contributed by atoms with E-state index in [-0.39, 0.29) is 133 Å². The molecule has 14 amide bonds. The number of likely N-dealkylation sites (N-methyl/N-ethyl adjacent to an activating group) is 7. The van der Waals surface area contributed by atoms with Crippen molar-refractivity contribution >= 4 is 117 Å². The number of carbonyl (C=O) groups is 14. The Hall–Kier alpha value is -10.4. The Bertz CT molecular complexity index is 4390. The molecule has 129 heavy (non-hydrogen) atoms. The van der Waals surface area contributed by atoms with E-state index in [4.69, 9.17) is 11.6 Å². The van der Waals surface area contributed by atoms with Gasteiger partial charge >= 0.3 is 0 Å². The van der Waals surface area contributed by atoms with Gasteiger partial charge in [-0.15, -0.1) is 0 Å². The molecule has 2 saturated heterocycles. The maximum Gasteiger partial charge on any atom is 0.246 e. The molecular formula is C92H145ClF2N18O16. The molecule has 5 rings (SSSR count). The van der Waals surface area contributed by atoms with Gasteiger partial charge in [-0.3, -0.25) is 67.1 Å². The molecule has 2 fully saturated rings. The van der Waals surface area contributed by atoms with Crippen LogP contribution in [-0.4, -0.2) is 310 Å². The highest BCUT2D eigenvalue weighted by molar-refractivity contribution is 6.34. The predicted octanol–water partition coefficient (Wildman–Crippen LogP) is 6.85.